The summed E-state index contributed by atoms with van der Waals surface area (Å²) in [6.07, 6.45) is 1.85. The Labute approximate surface area is 169 Å². The number of anilines is 2. The van der Waals surface area contributed by atoms with E-state index in [4.69, 9.17) is 9.72 Å². The van der Waals surface area contributed by atoms with Gasteiger partial charge in [-0.1, -0.05) is 36.4 Å². The van der Waals surface area contributed by atoms with E-state index in [2.05, 4.69) is 34.9 Å². The lowest BCUT2D eigenvalue weighted by Crippen LogP contribution is -2.30. The number of ether oxygens (including phenoxy) is 1. The van der Waals surface area contributed by atoms with Gasteiger partial charge in [-0.2, -0.15) is 0 Å². The molecule has 0 radical (unpaired) electrons. The van der Waals surface area contributed by atoms with E-state index in [-0.39, 0.29) is 11.9 Å². The molecule has 3 aromatic rings. The fraction of sp³-hybridized carbons (Fsp3) is 0.273. The largest absolute Gasteiger partial charge is 0.495 e. The van der Waals surface area contributed by atoms with Gasteiger partial charge in [-0.15, -0.1) is 11.3 Å². The number of aromatic nitrogens is 1. The van der Waals surface area contributed by atoms with Crippen LogP contribution in [0.3, 0.4) is 0 Å². The second kappa shape index (κ2) is 9.37. The average molecular weight is 396 g/mol. The zero-order chi connectivity index (χ0) is 19.9. The first-order valence-electron chi connectivity index (χ1n) is 9.27. The Balaban J connectivity index is 1.62. The van der Waals surface area contributed by atoms with Crippen molar-refractivity contribution in [2.24, 2.45) is 0 Å². The molecule has 0 bridgehead atoms. The fourth-order valence-corrected chi connectivity index (χ4v) is 3.70. The summed E-state index contributed by atoms with van der Waals surface area (Å²) in [6.45, 7) is 3.58. The molecule has 2 aromatic carbocycles. The number of rotatable bonds is 8. The van der Waals surface area contributed by atoms with Crippen molar-refractivity contribution in [2.45, 2.75) is 32.7 Å². The van der Waals surface area contributed by atoms with Crippen LogP contribution in [0.1, 0.15) is 25.8 Å². The third-order valence-electron chi connectivity index (χ3n) is 4.42. The monoisotopic (exact) mass is 395 g/mol. The van der Waals surface area contributed by atoms with Gasteiger partial charge in [0.1, 0.15) is 5.75 Å². The number of aryl methyl sites for hydroxylation is 1. The minimum atomic E-state index is 0.0175. The van der Waals surface area contributed by atoms with Gasteiger partial charge in [0.15, 0.2) is 5.13 Å². The maximum Gasteiger partial charge on any atom is 0.217 e. The van der Waals surface area contributed by atoms with Gasteiger partial charge in [-0.3, -0.25) is 4.79 Å². The van der Waals surface area contributed by atoms with E-state index in [9.17, 15) is 4.79 Å². The van der Waals surface area contributed by atoms with Crippen molar-refractivity contribution in [1.29, 1.82) is 0 Å². The second-order valence-corrected chi connectivity index (χ2v) is 7.56. The second-order valence-electron chi connectivity index (χ2n) is 6.70. The van der Waals surface area contributed by atoms with Crippen molar-refractivity contribution < 1.29 is 9.53 Å². The molecule has 5 nitrogen and oxygen atoms in total. The van der Waals surface area contributed by atoms with Gasteiger partial charge >= 0.3 is 0 Å². The fourth-order valence-electron chi connectivity index (χ4n) is 2.97. The molecule has 1 heterocycles. The van der Waals surface area contributed by atoms with Crippen molar-refractivity contribution in [3.63, 3.8) is 0 Å². The number of hydrogen-bond donors (Lipinski definition) is 2. The minimum Gasteiger partial charge on any atom is -0.495 e. The number of nitrogens with one attached hydrogen (secondary N) is 2. The normalized spacial score (nSPS) is 11.7. The third-order valence-corrected chi connectivity index (χ3v) is 5.18. The van der Waals surface area contributed by atoms with Crippen LogP contribution < -0.4 is 15.4 Å². The summed E-state index contributed by atoms with van der Waals surface area (Å²) in [5.74, 6) is 0.806. The molecule has 0 unspecified atom stereocenters. The first kappa shape index (κ1) is 19.9. The Morgan fingerprint density at radius 2 is 1.93 bits per heavy atom. The van der Waals surface area contributed by atoms with Crippen LogP contribution in [0.2, 0.25) is 0 Å². The molecule has 28 heavy (non-hydrogen) atoms. The highest BCUT2D eigenvalue weighted by Gasteiger charge is 2.08. The predicted molar refractivity (Wildman–Crippen MR) is 115 cm³/mol. The molecular formula is C22H25N3O2S. The van der Waals surface area contributed by atoms with E-state index >= 15 is 0 Å². The maximum absolute atomic E-state index is 11.1. The quantitative estimate of drug-likeness (QED) is 0.562. The SMILES string of the molecule is COc1ccccc1Nc1nc(-c2ccc(CC[C@H](C)NC(C)=O)cc2)cs1. The Hall–Kier alpha value is -2.86. The third kappa shape index (κ3) is 5.33. The van der Waals surface area contributed by atoms with Crippen molar-refractivity contribution in [3.05, 3.63) is 59.5 Å². The highest BCUT2D eigenvalue weighted by atomic mass is 32.1. The van der Waals surface area contributed by atoms with Gasteiger partial charge in [-0.25, -0.2) is 4.98 Å². The zero-order valence-electron chi connectivity index (χ0n) is 16.4. The van der Waals surface area contributed by atoms with Crippen LogP contribution in [0.25, 0.3) is 11.3 Å². The number of methoxy groups -OCH3 is 1. The van der Waals surface area contributed by atoms with E-state index < -0.39 is 0 Å². The first-order chi connectivity index (χ1) is 13.5. The standard InChI is InChI=1S/C22H25N3O2S/c1-15(23-16(2)26)8-9-17-10-12-18(13-11-17)20-14-28-22(25-20)24-19-6-4-5-7-21(19)27-3/h4-7,10-15H,8-9H2,1-3H3,(H,23,26)(H,24,25)/t15-/m0/s1. The van der Waals surface area contributed by atoms with Crippen LogP contribution in [0.4, 0.5) is 10.8 Å². The molecule has 0 saturated heterocycles. The first-order valence-corrected chi connectivity index (χ1v) is 10.1. The molecule has 6 heteroatoms. The summed E-state index contributed by atoms with van der Waals surface area (Å²) < 4.78 is 5.37. The molecule has 0 aliphatic carbocycles. The molecule has 0 aliphatic heterocycles. The van der Waals surface area contributed by atoms with Crippen LogP contribution in [0.5, 0.6) is 5.75 Å². The van der Waals surface area contributed by atoms with Gasteiger partial charge in [0.2, 0.25) is 5.91 Å². The molecular weight excluding hydrogens is 370 g/mol. The molecule has 3 rings (SSSR count). The van der Waals surface area contributed by atoms with Crippen molar-refractivity contribution in [1.82, 2.24) is 10.3 Å². The topological polar surface area (TPSA) is 63.2 Å². The van der Waals surface area contributed by atoms with Gasteiger partial charge < -0.3 is 15.4 Å². The van der Waals surface area contributed by atoms with Crippen molar-refractivity contribution in [2.75, 3.05) is 12.4 Å². The lowest BCUT2D eigenvalue weighted by Gasteiger charge is -2.12. The molecule has 0 fully saturated rings. The minimum absolute atomic E-state index is 0.0175. The summed E-state index contributed by atoms with van der Waals surface area (Å²) in [6, 6.07) is 16.4. The van der Waals surface area contributed by atoms with Crippen LogP contribution >= 0.6 is 11.3 Å². The van der Waals surface area contributed by atoms with Crippen LogP contribution in [-0.4, -0.2) is 24.0 Å². The van der Waals surface area contributed by atoms with Crippen molar-refractivity contribution in [3.8, 4) is 17.0 Å². The summed E-state index contributed by atoms with van der Waals surface area (Å²) in [7, 11) is 1.66. The molecule has 1 aromatic heterocycles. The number of thiazole rings is 1. The van der Waals surface area contributed by atoms with Crippen LogP contribution in [0, 0.1) is 0 Å². The Bertz CT molecular complexity index is 922. The number of nitrogens with zero attached hydrogens (tertiary/aromatic N) is 1. The number of carbonyl (C=O) groups is 1. The molecule has 0 aliphatic rings. The average Bonchev–Trinajstić information content (AvgIpc) is 3.15. The molecule has 1 atom stereocenters. The molecule has 1 amide bonds. The zero-order valence-corrected chi connectivity index (χ0v) is 17.2. The lowest BCUT2D eigenvalue weighted by atomic mass is 10.0. The number of para-hydroxylation sites is 2. The van der Waals surface area contributed by atoms with Gasteiger partial charge in [0.05, 0.1) is 18.5 Å². The van der Waals surface area contributed by atoms with Gasteiger partial charge in [0, 0.05) is 23.9 Å². The maximum atomic E-state index is 11.1. The van der Waals surface area contributed by atoms with Crippen LogP contribution in [0.15, 0.2) is 53.9 Å². The highest BCUT2D eigenvalue weighted by molar-refractivity contribution is 7.14. The molecule has 0 spiro atoms. The van der Waals surface area contributed by atoms with E-state index in [1.165, 1.54) is 5.56 Å². The number of amides is 1. The number of hydrogen-bond acceptors (Lipinski definition) is 5. The van der Waals surface area contributed by atoms with Gasteiger partial charge in [-0.05, 0) is 37.5 Å². The Kier molecular flexibility index (Phi) is 6.66. The lowest BCUT2D eigenvalue weighted by molar-refractivity contribution is -0.119. The predicted octanol–water partition coefficient (Wildman–Crippen LogP) is 5.02. The smallest absolute Gasteiger partial charge is 0.217 e. The summed E-state index contributed by atoms with van der Waals surface area (Å²) in [5, 5.41) is 9.11. The van der Waals surface area contributed by atoms with E-state index in [0.29, 0.717) is 0 Å². The molecule has 2 N–H and O–H groups in total. The summed E-state index contributed by atoms with van der Waals surface area (Å²) >= 11 is 1.56. The number of carbonyl (C=O) groups excluding carboxylic acids is 1. The van der Waals surface area contributed by atoms with E-state index in [0.717, 1.165) is 40.7 Å². The van der Waals surface area contributed by atoms with Gasteiger partial charge in [0.25, 0.3) is 0 Å². The summed E-state index contributed by atoms with van der Waals surface area (Å²) in [5.41, 5.74) is 4.18. The molecule has 0 saturated carbocycles. The van der Waals surface area contributed by atoms with Crippen LogP contribution in [-0.2, 0) is 11.2 Å². The number of benzene rings is 2. The Morgan fingerprint density at radius 3 is 2.64 bits per heavy atom. The van der Waals surface area contributed by atoms with E-state index in [1.807, 2.05) is 36.6 Å². The summed E-state index contributed by atoms with van der Waals surface area (Å²) in [4.78, 5) is 15.8. The highest BCUT2D eigenvalue weighted by Crippen LogP contribution is 2.31. The Morgan fingerprint density at radius 1 is 1.18 bits per heavy atom. The van der Waals surface area contributed by atoms with Crippen molar-refractivity contribution >= 4 is 28.1 Å². The molecule has 146 valence electrons. The van der Waals surface area contributed by atoms with E-state index in [1.54, 1.807) is 25.4 Å².